The Balaban J connectivity index is 2.71. The van der Waals surface area contributed by atoms with Gasteiger partial charge in [0, 0.05) is 10.7 Å². The van der Waals surface area contributed by atoms with Gasteiger partial charge in [-0.2, -0.15) is 10.5 Å². The zero-order valence-electron chi connectivity index (χ0n) is 9.07. The first kappa shape index (κ1) is 13.4. The van der Waals surface area contributed by atoms with Crippen LogP contribution in [0.2, 0.25) is 5.02 Å². The lowest BCUT2D eigenvalue weighted by molar-refractivity contribution is 0.254. The van der Waals surface area contributed by atoms with Crippen LogP contribution < -0.4 is 16.4 Å². The van der Waals surface area contributed by atoms with Crippen LogP contribution in [0.4, 0.5) is 10.5 Å². The highest BCUT2D eigenvalue weighted by Gasteiger charge is 2.07. The Morgan fingerprint density at radius 2 is 1.83 bits per heavy atom. The first-order valence-corrected chi connectivity index (χ1v) is 5.08. The standard InChI is InChI=1S/C11H8ClN5O/c12-7-1-3-8(4-2-7)16-11(18)17-10(6-14)9(15)5-13/h1-4H,15H2,(H2,16,17,18)/b10-9-. The fourth-order valence-corrected chi connectivity index (χ4v) is 1.15. The van der Waals surface area contributed by atoms with E-state index in [1.165, 1.54) is 0 Å². The Labute approximate surface area is 108 Å². The van der Waals surface area contributed by atoms with Crippen molar-refractivity contribution in [1.82, 2.24) is 5.32 Å². The van der Waals surface area contributed by atoms with Gasteiger partial charge >= 0.3 is 6.03 Å². The van der Waals surface area contributed by atoms with E-state index in [1.807, 2.05) is 0 Å². The van der Waals surface area contributed by atoms with E-state index in [9.17, 15) is 4.79 Å². The van der Waals surface area contributed by atoms with Gasteiger partial charge in [0.05, 0.1) is 0 Å². The van der Waals surface area contributed by atoms with Crippen LogP contribution in [-0.2, 0) is 0 Å². The molecule has 90 valence electrons. The Bertz CT molecular complexity index is 565. The molecule has 0 bridgehead atoms. The summed E-state index contributed by atoms with van der Waals surface area (Å²) >= 11 is 5.68. The van der Waals surface area contributed by atoms with Crippen LogP contribution in [0.15, 0.2) is 35.7 Å². The lowest BCUT2D eigenvalue weighted by Gasteiger charge is -2.06. The van der Waals surface area contributed by atoms with Gasteiger partial charge in [0.1, 0.15) is 17.8 Å². The highest BCUT2D eigenvalue weighted by Crippen LogP contribution is 2.13. The Morgan fingerprint density at radius 3 is 2.33 bits per heavy atom. The molecule has 7 heteroatoms. The molecule has 1 rings (SSSR count). The van der Waals surface area contributed by atoms with E-state index in [-0.39, 0.29) is 11.4 Å². The maximum atomic E-state index is 11.5. The molecule has 0 aliphatic rings. The van der Waals surface area contributed by atoms with Gasteiger partial charge < -0.3 is 11.1 Å². The molecule has 0 aliphatic heterocycles. The fourth-order valence-electron chi connectivity index (χ4n) is 1.02. The number of hydrogen-bond acceptors (Lipinski definition) is 4. The molecule has 0 heterocycles. The Kier molecular flexibility index (Phi) is 4.56. The third-order valence-corrected chi connectivity index (χ3v) is 2.09. The number of hydrogen-bond donors (Lipinski definition) is 3. The molecular weight excluding hydrogens is 254 g/mol. The summed E-state index contributed by atoms with van der Waals surface area (Å²) in [6, 6.07) is 8.89. The van der Waals surface area contributed by atoms with Crippen molar-refractivity contribution in [1.29, 1.82) is 10.5 Å². The molecule has 0 spiro atoms. The third kappa shape index (κ3) is 3.71. The summed E-state index contributed by atoms with van der Waals surface area (Å²) in [5, 5.41) is 22.3. The van der Waals surface area contributed by atoms with Crippen molar-refractivity contribution in [3.63, 3.8) is 0 Å². The molecule has 0 saturated carbocycles. The maximum Gasteiger partial charge on any atom is 0.324 e. The third-order valence-electron chi connectivity index (χ3n) is 1.84. The SMILES string of the molecule is N#C/C(N)=C(\C#N)NC(=O)Nc1ccc(Cl)cc1. The molecule has 2 amide bonds. The van der Waals surface area contributed by atoms with Crippen LogP contribution in [0.5, 0.6) is 0 Å². The van der Waals surface area contributed by atoms with E-state index >= 15 is 0 Å². The summed E-state index contributed by atoms with van der Waals surface area (Å²) in [5.41, 5.74) is 5.06. The molecule has 1 aromatic rings. The average molecular weight is 262 g/mol. The number of allylic oxidation sites excluding steroid dienone is 2. The molecule has 0 unspecified atom stereocenters. The number of nitrogens with two attached hydrogens (primary N) is 1. The number of carbonyl (C=O) groups is 1. The van der Waals surface area contributed by atoms with E-state index in [4.69, 9.17) is 27.9 Å². The van der Waals surface area contributed by atoms with Gasteiger partial charge in [-0.25, -0.2) is 4.79 Å². The number of nitrogens with zero attached hydrogens (tertiary/aromatic N) is 2. The minimum atomic E-state index is -0.674. The maximum absolute atomic E-state index is 11.5. The average Bonchev–Trinajstić information content (AvgIpc) is 2.37. The van der Waals surface area contributed by atoms with Crippen LogP contribution in [0.3, 0.4) is 0 Å². The molecule has 6 nitrogen and oxygen atoms in total. The van der Waals surface area contributed by atoms with Crippen LogP contribution in [0, 0.1) is 22.7 Å². The monoisotopic (exact) mass is 261 g/mol. The molecule has 18 heavy (non-hydrogen) atoms. The number of urea groups is 1. The minimum absolute atomic E-state index is 0.302. The van der Waals surface area contributed by atoms with Crippen LogP contribution >= 0.6 is 11.6 Å². The van der Waals surface area contributed by atoms with Gasteiger partial charge in [0.15, 0.2) is 5.70 Å². The fraction of sp³-hybridized carbons (Fsp3) is 0. The molecule has 0 fully saturated rings. The van der Waals surface area contributed by atoms with Crippen LogP contribution in [0.1, 0.15) is 0 Å². The number of carbonyl (C=O) groups excluding carboxylic acids is 1. The number of amides is 2. The quantitative estimate of drug-likeness (QED) is 0.703. The lowest BCUT2D eigenvalue weighted by Crippen LogP contribution is -2.29. The van der Waals surface area contributed by atoms with Crippen LogP contribution in [-0.4, -0.2) is 6.03 Å². The number of nitriles is 2. The van der Waals surface area contributed by atoms with Crippen molar-refractivity contribution in [2.45, 2.75) is 0 Å². The van der Waals surface area contributed by atoms with Gasteiger partial charge in [-0.15, -0.1) is 0 Å². The summed E-state index contributed by atoms with van der Waals surface area (Å²) in [6.45, 7) is 0. The zero-order valence-corrected chi connectivity index (χ0v) is 9.82. The van der Waals surface area contributed by atoms with E-state index in [0.29, 0.717) is 10.7 Å². The second kappa shape index (κ2) is 6.14. The summed E-state index contributed by atoms with van der Waals surface area (Å²) in [6.07, 6.45) is 0. The van der Waals surface area contributed by atoms with Crippen molar-refractivity contribution in [2.24, 2.45) is 5.73 Å². The van der Waals surface area contributed by atoms with Crippen molar-refractivity contribution in [2.75, 3.05) is 5.32 Å². The summed E-state index contributed by atoms with van der Waals surface area (Å²) in [4.78, 5) is 11.5. The summed E-state index contributed by atoms with van der Waals surface area (Å²) < 4.78 is 0. The number of halogens is 1. The lowest BCUT2D eigenvalue weighted by atomic mass is 10.3. The van der Waals surface area contributed by atoms with Crippen molar-refractivity contribution in [3.8, 4) is 12.1 Å². The highest BCUT2D eigenvalue weighted by atomic mass is 35.5. The molecule has 0 atom stereocenters. The normalized spacial score (nSPS) is 10.6. The largest absolute Gasteiger partial charge is 0.388 e. The molecule has 0 aliphatic carbocycles. The van der Waals surface area contributed by atoms with E-state index in [2.05, 4.69) is 10.6 Å². The van der Waals surface area contributed by atoms with E-state index < -0.39 is 6.03 Å². The Morgan fingerprint density at radius 1 is 1.22 bits per heavy atom. The second-order valence-corrected chi connectivity index (χ2v) is 3.53. The summed E-state index contributed by atoms with van der Waals surface area (Å²) in [7, 11) is 0. The first-order valence-electron chi connectivity index (χ1n) is 4.70. The van der Waals surface area contributed by atoms with Crippen molar-refractivity contribution in [3.05, 3.63) is 40.7 Å². The first-order chi connectivity index (χ1) is 8.56. The van der Waals surface area contributed by atoms with E-state index in [1.54, 1.807) is 36.4 Å². The van der Waals surface area contributed by atoms with Gasteiger partial charge in [-0.3, -0.25) is 5.32 Å². The Hall–Kier alpha value is -2.70. The molecule has 0 saturated heterocycles. The predicted octanol–water partition coefficient (Wildman–Crippen LogP) is 1.68. The van der Waals surface area contributed by atoms with Gasteiger partial charge in [-0.05, 0) is 24.3 Å². The highest BCUT2D eigenvalue weighted by molar-refractivity contribution is 6.30. The van der Waals surface area contributed by atoms with Crippen molar-refractivity contribution < 1.29 is 4.79 Å². The van der Waals surface area contributed by atoms with Gasteiger partial charge in [0.25, 0.3) is 0 Å². The summed E-state index contributed by atoms with van der Waals surface area (Å²) in [5.74, 6) is 0. The molecule has 4 N–H and O–H groups in total. The number of nitrogens with one attached hydrogen (secondary N) is 2. The topological polar surface area (TPSA) is 115 Å². The molecule has 0 radical (unpaired) electrons. The number of rotatable bonds is 2. The van der Waals surface area contributed by atoms with Crippen LogP contribution in [0.25, 0.3) is 0 Å². The van der Waals surface area contributed by atoms with Gasteiger partial charge in [-0.1, -0.05) is 11.6 Å². The molecular formula is C11H8ClN5O. The minimum Gasteiger partial charge on any atom is -0.388 e. The second-order valence-electron chi connectivity index (χ2n) is 3.10. The zero-order chi connectivity index (χ0) is 13.5. The number of benzene rings is 1. The van der Waals surface area contributed by atoms with E-state index in [0.717, 1.165) is 0 Å². The van der Waals surface area contributed by atoms with Gasteiger partial charge in [0.2, 0.25) is 0 Å². The predicted molar refractivity (Wildman–Crippen MR) is 66.0 cm³/mol. The molecule has 1 aromatic carbocycles. The molecule has 0 aromatic heterocycles. The smallest absolute Gasteiger partial charge is 0.324 e. The number of anilines is 1. The van der Waals surface area contributed by atoms with Crippen molar-refractivity contribution >= 4 is 23.3 Å².